The lowest BCUT2D eigenvalue weighted by Crippen LogP contribution is -2.13. The van der Waals surface area contributed by atoms with E-state index in [1.165, 1.54) is 6.08 Å². The van der Waals surface area contributed by atoms with E-state index in [2.05, 4.69) is 49.8 Å². The smallest absolute Gasteiger partial charge is 0.266 e. The monoisotopic (exact) mass is 550 g/mol. The Balaban J connectivity index is 2.23. The first kappa shape index (κ1) is 21.8. The second-order valence-electron chi connectivity index (χ2n) is 5.39. The van der Waals surface area contributed by atoms with Gasteiger partial charge in [0.15, 0.2) is 0 Å². The van der Waals surface area contributed by atoms with Crippen LogP contribution in [0.5, 0.6) is 11.5 Å². The van der Waals surface area contributed by atoms with Gasteiger partial charge in [0.1, 0.15) is 29.7 Å². The molecule has 0 saturated carbocycles. The molecule has 0 heterocycles. The summed E-state index contributed by atoms with van der Waals surface area (Å²) in [5.74, 6) is 3.17. The average molecular weight is 551 g/mol. The van der Waals surface area contributed by atoms with E-state index in [4.69, 9.17) is 15.9 Å². The zero-order valence-electron chi connectivity index (χ0n) is 15.0. The number of nitrogens with zero attached hydrogens (tertiary/aromatic N) is 1. The predicted molar refractivity (Wildman–Crippen MR) is 121 cm³/mol. The molecule has 2 aromatic rings. The minimum Gasteiger partial charge on any atom is -0.494 e. The van der Waals surface area contributed by atoms with Gasteiger partial charge in [-0.15, -0.1) is 6.42 Å². The summed E-state index contributed by atoms with van der Waals surface area (Å²) in [7, 11) is 0. The summed E-state index contributed by atoms with van der Waals surface area (Å²) in [6.45, 7) is 2.55. The zero-order chi connectivity index (χ0) is 20.5. The molecule has 0 aliphatic rings. The molecule has 5 nitrogen and oxygen atoms in total. The van der Waals surface area contributed by atoms with E-state index < -0.39 is 5.91 Å². The molecule has 0 aliphatic carbocycles. The molecule has 0 fully saturated rings. The van der Waals surface area contributed by atoms with Gasteiger partial charge >= 0.3 is 0 Å². The van der Waals surface area contributed by atoms with Gasteiger partial charge < -0.3 is 14.8 Å². The molecule has 142 valence electrons. The number of hydrogen-bond acceptors (Lipinski definition) is 4. The number of nitriles is 1. The molecule has 0 saturated heterocycles. The van der Waals surface area contributed by atoms with Crippen LogP contribution in [0.3, 0.4) is 0 Å². The lowest BCUT2D eigenvalue weighted by atomic mass is 10.1. The van der Waals surface area contributed by atoms with Crippen molar-refractivity contribution in [3.05, 3.63) is 55.6 Å². The molecule has 0 aromatic heterocycles. The highest BCUT2D eigenvalue weighted by Gasteiger charge is 2.13. The summed E-state index contributed by atoms with van der Waals surface area (Å²) < 4.78 is 12.4. The van der Waals surface area contributed by atoms with Crippen LogP contribution in [0.2, 0.25) is 0 Å². The van der Waals surface area contributed by atoms with Crippen LogP contribution in [0, 0.1) is 27.2 Å². The number of carbonyl (C=O) groups is 1. The van der Waals surface area contributed by atoms with Gasteiger partial charge in [0.05, 0.1) is 14.6 Å². The molecule has 0 unspecified atom stereocenters. The largest absolute Gasteiger partial charge is 0.494 e. The summed E-state index contributed by atoms with van der Waals surface area (Å²) in [5.41, 5.74) is 1.20. The van der Waals surface area contributed by atoms with Crippen LogP contribution in [0.25, 0.3) is 6.08 Å². The maximum absolute atomic E-state index is 12.5. The van der Waals surface area contributed by atoms with Gasteiger partial charge in [0.25, 0.3) is 5.91 Å². The molecule has 0 atom stereocenters. The maximum Gasteiger partial charge on any atom is 0.266 e. The predicted octanol–water partition coefficient (Wildman–Crippen LogP) is 5.01. The van der Waals surface area contributed by atoms with E-state index in [9.17, 15) is 10.1 Å². The Morgan fingerprint density at radius 2 is 2.14 bits per heavy atom. The van der Waals surface area contributed by atoms with Crippen LogP contribution in [-0.4, -0.2) is 19.1 Å². The summed E-state index contributed by atoms with van der Waals surface area (Å²) in [5, 5.41) is 12.1. The van der Waals surface area contributed by atoms with Gasteiger partial charge in [-0.3, -0.25) is 4.79 Å². The maximum atomic E-state index is 12.5. The molecule has 28 heavy (non-hydrogen) atoms. The number of amides is 1. The van der Waals surface area contributed by atoms with Crippen LogP contribution in [0.1, 0.15) is 12.5 Å². The Hall–Kier alpha value is -2.49. The van der Waals surface area contributed by atoms with Gasteiger partial charge in [-0.25, -0.2) is 0 Å². The Labute approximate surface area is 186 Å². The fourth-order valence-electron chi connectivity index (χ4n) is 2.26. The first-order chi connectivity index (χ1) is 13.5. The third kappa shape index (κ3) is 6.01. The van der Waals surface area contributed by atoms with E-state index in [-0.39, 0.29) is 12.2 Å². The van der Waals surface area contributed by atoms with Crippen molar-refractivity contribution < 1.29 is 14.3 Å². The molecule has 0 aliphatic heterocycles. The molecule has 0 radical (unpaired) electrons. The first-order valence-corrected chi connectivity index (χ1v) is 10.1. The number of ether oxygens (including phenoxy) is 2. The summed E-state index contributed by atoms with van der Waals surface area (Å²) >= 11 is 5.54. The van der Waals surface area contributed by atoms with Crippen LogP contribution in [-0.2, 0) is 4.79 Å². The van der Waals surface area contributed by atoms with E-state index in [1.54, 1.807) is 36.4 Å². The zero-order valence-corrected chi connectivity index (χ0v) is 18.7. The second-order valence-corrected chi connectivity index (χ2v) is 7.41. The van der Waals surface area contributed by atoms with Gasteiger partial charge in [0, 0.05) is 11.8 Å². The molecule has 7 heteroatoms. The Morgan fingerprint density at radius 3 is 2.79 bits per heavy atom. The van der Waals surface area contributed by atoms with Crippen LogP contribution in [0.4, 0.5) is 5.69 Å². The average Bonchev–Trinajstić information content (AvgIpc) is 2.66. The summed E-state index contributed by atoms with van der Waals surface area (Å²) in [6, 6.07) is 12.5. The van der Waals surface area contributed by atoms with Gasteiger partial charge in [-0.05, 0) is 81.3 Å². The molecule has 1 N–H and O–H groups in total. The van der Waals surface area contributed by atoms with Crippen molar-refractivity contribution in [3.8, 4) is 29.9 Å². The Bertz CT molecular complexity index is 967. The number of anilines is 1. The number of benzene rings is 2. The summed E-state index contributed by atoms with van der Waals surface area (Å²) in [6.07, 6.45) is 6.74. The van der Waals surface area contributed by atoms with Crippen molar-refractivity contribution in [2.24, 2.45) is 0 Å². The molecular weight excluding hydrogens is 535 g/mol. The van der Waals surface area contributed by atoms with Gasteiger partial charge in [-0.1, -0.05) is 12.0 Å². The van der Waals surface area contributed by atoms with Crippen LogP contribution >= 0.6 is 38.5 Å². The van der Waals surface area contributed by atoms with E-state index in [0.29, 0.717) is 33.8 Å². The molecule has 2 rings (SSSR count). The van der Waals surface area contributed by atoms with Crippen LogP contribution < -0.4 is 14.8 Å². The fourth-order valence-corrected chi connectivity index (χ4v) is 4.03. The van der Waals surface area contributed by atoms with Crippen molar-refractivity contribution in [1.82, 2.24) is 0 Å². The highest BCUT2D eigenvalue weighted by atomic mass is 127. The summed E-state index contributed by atoms with van der Waals surface area (Å²) in [4.78, 5) is 12.5. The number of hydrogen-bond donors (Lipinski definition) is 1. The lowest BCUT2D eigenvalue weighted by Gasteiger charge is -2.10. The lowest BCUT2D eigenvalue weighted by molar-refractivity contribution is -0.112. The van der Waals surface area contributed by atoms with Crippen molar-refractivity contribution in [2.75, 3.05) is 18.5 Å². The molecule has 0 spiro atoms. The number of nitrogens with one attached hydrogen (secondary N) is 1. The topological polar surface area (TPSA) is 71.3 Å². The van der Waals surface area contributed by atoms with E-state index in [0.717, 1.165) is 3.57 Å². The third-order valence-corrected chi connectivity index (χ3v) is 4.79. The van der Waals surface area contributed by atoms with Gasteiger partial charge in [-0.2, -0.15) is 5.26 Å². The van der Waals surface area contributed by atoms with Gasteiger partial charge in [0.2, 0.25) is 0 Å². The highest BCUT2D eigenvalue weighted by molar-refractivity contribution is 14.1. The third-order valence-electron chi connectivity index (χ3n) is 3.40. The first-order valence-electron chi connectivity index (χ1n) is 8.19. The second kappa shape index (κ2) is 10.7. The molecular formula is C21H16BrIN2O3. The van der Waals surface area contributed by atoms with Crippen molar-refractivity contribution in [3.63, 3.8) is 0 Å². The number of carbonyl (C=O) groups excluding carboxylic acids is 1. The highest BCUT2D eigenvalue weighted by Crippen LogP contribution is 2.32. The number of terminal acetylenes is 1. The quantitative estimate of drug-likeness (QED) is 0.228. The fraction of sp³-hybridized carbons (Fsp3) is 0.143. The molecule has 0 bridgehead atoms. The van der Waals surface area contributed by atoms with E-state index >= 15 is 0 Å². The van der Waals surface area contributed by atoms with E-state index in [1.807, 2.05) is 13.0 Å². The number of halogens is 2. The number of rotatable bonds is 7. The van der Waals surface area contributed by atoms with Crippen LogP contribution in [0.15, 0.2) is 46.4 Å². The van der Waals surface area contributed by atoms with Crippen molar-refractivity contribution >= 4 is 56.2 Å². The minimum absolute atomic E-state index is 0.0261. The normalized spacial score (nSPS) is 10.5. The van der Waals surface area contributed by atoms with Crippen molar-refractivity contribution in [2.45, 2.75) is 6.92 Å². The molecule has 1 amide bonds. The Kier molecular flexibility index (Phi) is 8.37. The standard InChI is InChI=1S/C21H16BrIN2O3/c1-3-8-28-20-18(22)10-14(11-19(20)23)9-15(13-24)21(26)25-16-6-5-7-17(12-16)27-4-2/h1,5-7,9-12H,4,8H2,2H3,(H,25,26)/b15-9-. The Morgan fingerprint density at radius 1 is 1.36 bits per heavy atom. The SMILES string of the molecule is C#CCOc1c(Br)cc(/C=C(/C#N)C(=O)Nc2cccc(OCC)c2)cc1I. The van der Waals surface area contributed by atoms with Crippen molar-refractivity contribution in [1.29, 1.82) is 5.26 Å². The molecule has 2 aromatic carbocycles. The minimum atomic E-state index is -0.505.